The van der Waals surface area contributed by atoms with Crippen molar-refractivity contribution in [2.45, 2.75) is 19.9 Å². The molecule has 0 saturated heterocycles. The van der Waals surface area contributed by atoms with Crippen LogP contribution in [0.4, 0.5) is 0 Å². The second kappa shape index (κ2) is 9.98. The summed E-state index contributed by atoms with van der Waals surface area (Å²) < 4.78 is 20.4. The molecule has 36 heavy (non-hydrogen) atoms. The zero-order valence-corrected chi connectivity index (χ0v) is 24.1. The quantitative estimate of drug-likeness (QED) is 0.221. The Morgan fingerprint density at radius 3 is 2.78 bits per heavy atom. The van der Waals surface area contributed by atoms with Gasteiger partial charge in [0.25, 0.3) is 5.56 Å². The molecule has 0 fully saturated rings. The van der Waals surface area contributed by atoms with Gasteiger partial charge in [-0.3, -0.25) is 9.36 Å². The van der Waals surface area contributed by atoms with Crippen LogP contribution in [0.3, 0.4) is 0 Å². The molecule has 5 rings (SSSR count). The molecule has 4 aromatic rings. The Balaban J connectivity index is 1.85. The van der Waals surface area contributed by atoms with Crippen LogP contribution in [0.2, 0.25) is 0 Å². The van der Waals surface area contributed by atoms with Crippen molar-refractivity contribution in [3.8, 4) is 5.75 Å². The van der Waals surface area contributed by atoms with Gasteiger partial charge in [0.2, 0.25) is 0 Å². The molecule has 7 nitrogen and oxygen atoms in total. The number of nitrogens with zero attached hydrogens (tertiary/aromatic N) is 2. The standard InChI is InChI=1S/C26H20BrIN2O5S/c1-4-34-25(32)20-13(2)29-26-30(24(31)19(36-26)12-15-11-17(27)23(28)35-15)22(20)21-16-8-6-5-7-14(16)9-10-18(21)33-3/h5-12,22H,4H2,1-3H3/b19-12+/t22-/m1/s1. The van der Waals surface area contributed by atoms with E-state index in [0.29, 0.717) is 41.4 Å². The van der Waals surface area contributed by atoms with Gasteiger partial charge in [-0.2, -0.15) is 0 Å². The molecule has 1 aliphatic heterocycles. The van der Waals surface area contributed by atoms with Gasteiger partial charge in [0.1, 0.15) is 17.6 Å². The number of allylic oxidation sites excluding steroid dienone is 1. The number of aromatic nitrogens is 1. The monoisotopic (exact) mass is 678 g/mol. The van der Waals surface area contributed by atoms with Crippen LogP contribution >= 0.6 is 49.9 Å². The molecule has 0 aliphatic carbocycles. The first-order chi connectivity index (χ1) is 17.3. The minimum absolute atomic E-state index is 0.200. The zero-order chi connectivity index (χ0) is 25.6. The van der Waals surface area contributed by atoms with Gasteiger partial charge in [-0.25, -0.2) is 9.79 Å². The van der Waals surface area contributed by atoms with E-state index >= 15 is 0 Å². The molecule has 0 N–H and O–H groups in total. The molecule has 184 valence electrons. The van der Waals surface area contributed by atoms with Crippen LogP contribution in [0.1, 0.15) is 31.2 Å². The Labute approximate surface area is 232 Å². The summed E-state index contributed by atoms with van der Waals surface area (Å²) in [4.78, 5) is 32.3. The van der Waals surface area contributed by atoms with Gasteiger partial charge in [-0.1, -0.05) is 41.7 Å². The van der Waals surface area contributed by atoms with E-state index in [1.54, 1.807) is 37.7 Å². The average molecular weight is 679 g/mol. The molecule has 2 aromatic heterocycles. The zero-order valence-electron chi connectivity index (χ0n) is 19.5. The van der Waals surface area contributed by atoms with Crippen molar-refractivity contribution < 1.29 is 18.7 Å². The highest BCUT2D eigenvalue weighted by atomic mass is 127. The number of esters is 1. The summed E-state index contributed by atoms with van der Waals surface area (Å²) in [5.74, 6) is 0.587. The van der Waals surface area contributed by atoms with Crippen molar-refractivity contribution in [2.24, 2.45) is 4.99 Å². The maximum absolute atomic E-state index is 13.9. The van der Waals surface area contributed by atoms with Crippen LogP contribution in [-0.2, 0) is 9.53 Å². The maximum atomic E-state index is 13.9. The first kappa shape index (κ1) is 25.0. The first-order valence-electron chi connectivity index (χ1n) is 11.0. The van der Waals surface area contributed by atoms with Gasteiger partial charge in [0.05, 0.1) is 34.0 Å². The van der Waals surface area contributed by atoms with Crippen molar-refractivity contribution >= 4 is 72.7 Å². The molecule has 0 amide bonds. The second-order valence-electron chi connectivity index (χ2n) is 7.98. The lowest BCUT2D eigenvalue weighted by atomic mass is 9.90. The first-order valence-corrected chi connectivity index (χ1v) is 13.7. The number of hydrogen-bond acceptors (Lipinski definition) is 7. The van der Waals surface area contributed by atoms with Crippen LogP contribution in [0.15, 0.2) is 72.4 Å². The van der Waals surface area contributed by atoms with Crippen LogP contribution in [0.25, 0.3) is 16.8 Å². The third kappa shape index (κ3) is 4.24. The number of carbonyl (C=O) groups excluding carboxylic acids is 1. The summed E-state index contributed by atoms with van der Waals surface area (Å²) in [6.07, 6.45) is 1.69. The Bertz CT molecular complexity index is 1710. The predicted octanol–water partition coefficient (Wildman–Crippen LogP) is 4.92. The summed E-state index contributed by atoms with van der Waals surface area (Å²) in [6.45, 7) is 3.71. The molecule has 2 aromatic carbocycles. The molecule has 1 atom stereocenters. The number of halogens is 2. The van der Waals surface area contributed by atoms with E-state index in [0.717, 1.165) is 15.2 Å². The fraction of sp³-hybridized carbons (Fsp3) is 0.192. The maximum Gasteiger partial charge on any atom is 0.338 e. The summed E-state index contributed by atoms with van der Waals surface area (Å²) in [5, 5.41) is 1.83. The van der Waals surface area contributed by atoms with Gasteiger partial charge in [0, 0.05) is 34.2 Å². The normalized spacial score (nSPS) is 15.7. The molecule has 0 bridgehead atoms. The number of ether oxygens (including phenoxy) is 2. The molecular weight excluding hydrogens is 659 g/mol. The molecule has 3 heterocycles. The number of methoxy groups -OCH3 is 1. The van der Waals surface area contributed by atoms with Crippen molar-refractivity contribution in [3.05, 3.63) is 93.0 Å². The number of carbonyl (C=O) groups is 1. The number of fused-ring (bicyclic) bond motifs is 2. The number of rotatable bonds is 5. The topological polar surface area (TPSA) is 83.0 Å². The van der Waals surface area contributed by atoms with E-state index in [2.05, 4.69) is 43.5 Å². The van der Waals surface area contributed by atoms with Crippen molar-refractivity contribution in [2.75, 3.05) is 13.7 Å². The average Bonchev–Trinajstić information content (AvgIpc) is 3.34. The summed E-state index contributed by atoms with van der Waals surface area (Å²) in [7, 11) is 1.58. The van der Waals surface area contributed by atoms with Crippen molar-refractivity contribution in [1.82, 2.24) is 4.57 Å². The lowest BCUT2D eigenvalue weighted by Crippen LogP contribution is -2.40. The lowest BCUT2D eigenvalue weighted by molar-refractivity contribution is -0.139. The molecule has 0 unspecified atom stereocenters. The Hall–Kier alpha value is -2.70. The number of furan rings is 1. The van der Waals surface area contributed by atoms with Crippen molar-refractivity contribution in [3.63, 3.8) is 0 Å². The fourth-order valence-electron chi connectivity index (χ4n) is 4.36. The highest BCUT2D eigenvalue weighted by Crippen LogP contribution is 2.40. The third-order valence-electron chi connectivity index (χ3n) is 5.88. The fourth-order valence-corrected chi connectivity index (χ4v) is 6.11. The molecule has 1 aliphatic rings. The van der Waals surface area contributed by atoms with E-state index < -0.39 is 12.0 Å². The summed E-state index contributed by atoms with van der Waals surface area (Å²) >= 11 is 6.76. The lowest BCUT2D eigenvalue weighted by Gasteiger charge is -2.27. The van der Waals surface area contributed by atoms with Gasteiger partial charge in [-0.05, 0) is 52.7 Å². The third-order valence-corrected chi connectivity index (χ3v) is 8.99. The van der Waals surface area contributed by atoms with Gasteiger partial charge < -0.3 is 13.9 Å². The molecule has 10 heteroatoms. The minimum atomic E-state index is -0.785. The van der Waals surface area contributed by atoms with E-state index in [1.807, 2.05) is 36.4 Å². The minimum Gasteiger partial charge on any atom is -0.496 e. The number of thiazole rings is 1. The van der Waals surface area contributed by atoms with Crippen LogP contribution in [0.5, 0.6) is 5.75 Å². The van der Waals surface area contributed by atoms with Crippen molar-refractivity contribution in [1.29, 1.82) is 0 Å². The Kier molecular flexibility index (Phi) is 6.92. The molecule has 0 saturated carbocycles. The number of hydrogen-bond donors (Lipinski definition) is 0. The largest absolute Gasteiger partial charge is 0.496 e. The summed E-state index contributed by atoms with van der Waals surface area (Å²) in [5.41, 5.74) is 1.23. The molecule has 0 radical (unpaired) electrons. The smallest absolute Gasteiger partial charge is 0.338 e. The Morgan fingerprint density at radius 2 is 2.08 bits per heavy atom. The van der Waals surface area contributed by atoms with E-state index in [9.17, 15) is 9.59 Å². The SMILES string of the molecule is CCOC(=O)C1=C(C)N=c2s/c(=C/c3cc(Br)c(I)o3)c(=O)n2[C@H]1c1c(OC)ccc2ccccc12. The van der Waals surface area contributed by atoms with E-state index in [-0.39, 0.29) is 12.2 Å². The van der Waals surface area contributed by atoms with Crippen LogP contribution < -0.4 is 19.6 Å². The highest BCUT2D eigenvalue weighted by molar-refractivity contribution is 14.1. The second-order valence-corrected chi connectivity index (χ2v) is 10.8. The van der Waals surface area contributed by atoms with Crippen LogP contribution in [0, 0.1) is 3.77 Å². The van der Waals surface area contributed by atoms with Crippen LogP contribution in [-0.4, -0.2) is 24.3 Å². The predicted molar refractivity (Wildman–Crippen MR) is 150 cm³/mol. The Morgan fingerprint density at radius 1 is 1.31 bits per heavy atom. The van der Waals surface area contributed by atoms with Gasteiger partial charge >= 0.3 is 5.97 Å². The van der Waals surface area contributed by atoms with Gasteiger partial charge in [-0.15, -0.1) is 0 Å². The molecular formula is C26H20BrIN2O5S. The van der Waals surface area contributed by atoms with Gasteiger partial charge in [0.15, 0.2) is 8.57 Å². The number of benzene rings is 2. The van der Waals surface area contributed by atoms with E-state index in [1.165, 1.54) is 11.3 Å². The summed E-state index contributed by atoms with van der Waals surface area (Å²) in [6, 6.07) is 12.6. The van der Waals surface area contributed by atoms with E-state index in [4.69, 9.17) is 13.9 Å². The highest BCUT2D eigenvalue weighted by Gasteiger charge is 2.36. The molecule has 0 spiro atoms.